The van der Waals surface area contributed by atoms with Crippen molar-refractivity contribution in [1.82, 2.24) is 10.1 Å². The number of aryl methyl sites for hydroxylation is 1. The molecule has 0 aliphatic heterocycles. The van der Waals surface area contributed by atoms with Gasteiger partial charge in [-0.05, 0) is 25.5 Å². The number of halogens is 1. The summed E-state index contributed by atoms with van der Waals surface area (Å²) in [5.41, 5.74) is 2.00. The minimum absolute atomic E-state index is 0.228. The lowest BCUT2D eigenvalue weighted by Crippen LogP contribution is -1.90. The first-order valence-electron chi connectivity index (χ1n) is 4.86. The molecule has 0 radical (unpaired) electrons. The van der Waals surface area contributed by atoms with E-state index in [1.807, 2.05) is 25.1 Å². The Balaban J connectivity index is 2.39. The second-order valence-corrected chi connectivity index (χ2v) is 4.45. The van der Waals surface area contributed by atoms with Crippen LogP contribution in [0.1, 0.15) is 24.5 Å². The van der Waals surface area contributed by atoms with Crippen LogP contribution >= 0.6 is 15.9 Å². The van der Waals surface area contributed by atoms with Gasteiger partial charge < -0.3 is 9.63 Å². The van der Waals surface area contributed by atoms with Crippen LogP contribution in [0.3, 0.4) is 0 Å². The molecule has 5 heteroatoms. The number of rotatable bonds is 2. The molecule has 0 aliphatic rings. The van der Waals surface area contributed by atoms with E-state index < -0.39 is 6.10 Å². The molecule has 0 aliphatic carbocycles. The average molecular weight is 283 g/mol. The summed E-state index contributed by atoms with van der Waals surface area (Å²) in [7, 11) is 0. The molecule has 2 rings (SSSR count). The fraction of sp³-hybridized carbons (Fsp3) is 0.273. The number of hydrogen-bond acceptors (Lipinski definition) is 4. The van der Waals surface area contributed by atoms with E-state index in [4.69, 9.17) is 4.52 Å². The zero-order valence-electron chi connectivity index (χ0n) is 8.94. The first kappa shape index (κ1) is 11.3. The van der Waals surface area contributed by atoms with Crippen LogP contribution in [-0.2, 0) is 0 Å². The Labute approximate surface area is 101 Å². The third-order valence-corrected chi connectivity index (χ3v) is 3.08. The van der Waals surface area contributed by atoms with Crippen molar-refractivity contribution in [2.24, 2.45) is 0 Å². The summed E-state index contributed by atoms with van der Waals surface area (Å²) in [4.78, 5) is 4.10. The molecule has 16 heavy (non-hydrogen) atoms. The largest absolute Gasteiger partial charge is 0.384 e. The minimum Gasteiger partial charge on any atom is -0.384 e. The van der Waals surface area contributed by atoms with Crippen molar-refractivity contribution >= 4 is 15.9 Å². The topological polar surface area (TPSA) is 59.2 Å². The number of hydrogen-bond donors (Lipinski definition) is 1. The van der Waals surface area contributed by atoms with E-state index in [-0.39, 0.29) is 5.89 Å². The Morgan fingerprint density at radius 2 is 2.19 bits per heavy atom. The van der Waals surface area contributed by atoms with E-state index in [2.05, 4.69) is 26.1 Å². The molecule has 0 amide bonds. The normalized spacial score (nSPS) is 12.8. The van der Waals surface area contributed by atoms with Gasteiger partial charge in [-0.3, -0.25) is 0 Å². The highest BCUT2D eigenvalue weighted by Gasteiger charge is 2.12. The second kappa shape index (κ2) is 4.35. The van der Waals surface area contributed by atoms with Gasteiger partial charge in [0.15, 0.2) is 0 Å². The lowest BCUT2D eigenvalue weighted by molar-refractivity contribution is 0.152. The molecule has 1 atom stereocenters. The van der Waals surface area contributed by atoms with Crippen molar-refractivity contribution in [2.75, 3.05) is 0 Å². The van der Waals surface area contributed by atoms with Gasteiger partial charge in [0.05, 0.1) is 0 Å². The molecule has 1 aromatic carbocycles. The highest BCUT2D eigenvalue weighted by atomic mass is 79.9. The van der Waals surface area contributed by atoms with Crippen LogP contribution in [0.25, 0.3) is 11.4 Å². The van der Waals surface area contributed by atoms with Crippen LogP contribution in [0.15, 0.2) is 27.2 Å². The molecule has 84 valence electrons. The summed E-state index contributed by atoms with van der Waals surface area (Å²) in [6.45, 7) is 3.59. The Hall–Kier alpha value is -1.20. The highest BCUT2D eigenvalue weighted by molar-refractivity contribution is 9.10. The quantitative estimate of drug-likeness (QED) is 0.920. The third kappa shape index (κ3) is 2.15. The number of benzene rings is 1. The van der Waals surface area contributed by atoms with Gasteiger partial charge in [-0.25, -0.2) is 0 Å². The van der Waals surface area contributed by atoms with Crippen molar-refractivity contribution in [3.05, 3.63) is 34.1 Å². The smallest absolute Gasteiger partial charge is 0.255 e. The van der Waals surface area contributed by atoms with E-state index in [1.54, 1.807) is 6.92 Å². The number of nitrogens with zero attached hydrogens (tertiary/aromatic N) is 2. The van der Waals surface area contributed by atoms with Gasteiger partial charge in [-0.15, -0.1) is 0 Å². The molecule has 1 N–H and O–H groups in total. The predicted molar refractivity (Wildman–Crippen MR) is 62.8 cm³/mol. The van der Waals surface area contributed by atoms with Gasteiger partial charge in [-0.2, -0.15) is 4.98 Å². The van der Waals surface area contributed by atoms with Gasteiger partial charge in [0.2, 0.25) is 5.82 Å². The average Bonchev–Trinajstić information content (AvgIpc) is 2.71. The maximum absolute atomic E-state index is 9.28. The predicted octanol–water partition coefficient (Wildman–Crippen LogP) is 2.86. The molecule has 1 aromatic heterocycles. The Bertz CT molecular complexity index is 508. The van der Waals surface area contributed by atoms with Crippen molar-refractivity contribution in [3.63, 3.8) is 0 Å². The van der Waals surface area contributed by atoms with Gasteiger partial charge in [0, 0.05) is 10.0 Å². The maximum Gasteiger partial charge on any atom is 0.255 e. The first-order chi connectivity index (χ1) is 7.58. The van der Waals surface area contributed by atoms with Crippen molar-refractivity contribution in [2.45, 2.75) is 20.0 Å². The van der Waals surface area contributed by atoms with Crippen LogP contribution in [0.5, 0.6) is 0 Å². The lowest BCUT2D eigenvalue weighted by atomic mass is 10.1. The van der Waals surface area contributed by atoms with Crippen LogP contribution in [0.2, 0.25) is 0 Å². The molecule has 0 fully saturated rings. The molecule has 0 bridgehead atoms. The van der Waals surface area contributed by atoms with Crippen LogP contribution < -0.4 is 0 Å². The van der Waals surface area contributed by atoms with E-state index in [9.17, 15) is 5.11 Å². The lowest BCUT2D eigenvalue weighted by Gasteiger charge is -1.99. The molecular weight excluding hydrogens is 272 g/mol. The number of aliphatic hydroxyl groups is 1. The molecule has 0 saturated heterocycles. The standard InChI is InChI=1S/C11H11BrN2O2/c1-6-3-4-8(5-9(6)12)10-13-11(7(2)15)16-14-10/h3-5,7,15H,1-2H3/t7-/m0/s1. The molecule has 0 unspecified atom stereocenters. The summed E-state index contributed by atoms with van der Waals surface area (Å²) < 4.78 is 5.92. The molecule has 1 heterocycles. The number of aromatic nitrogens is 2. The summed E-state index contributed by atoms with van der Waals surface area (Å²) in [5, 5.41) is 13.1. The zero-order chi connectivity index (χ0) is 11.7. The fourth-order valence-electron chi connectivity index (χ4n) is 1.25. The highest BCUT2D eigenvalue weighted by Crippen LogP contribution is 2.24. The molecular formula is C11H11BrN2O2. The Morgan fingerprint density at radius 3 is 2.75 bits per heavy atom. The summed E-state index contributed by atoms with van der Waals surface area (Å²) in [6.07, 6.45) is -0.741. The van der Waals surface area contributed by atoms with Crippen LogP contribution in [0, 0.1) is 6.92 Å². The summed E-state index contributed by atoms with van der Waals surface area (Å²) >= 11 is 3.44. The Morgan fingerprint density at radius 1 is 1.44 bits per heavy atom. The van der Waals surface area contributed by atoms with E-state index >= 15 is 0 Å². The number of aliphatic hydroxyl groups excluding tert-OH is 1. The second-order valence-electron chi connectivity index (χ2n) is 3.60. The summed E-state index contributed by atoms with van der Waals surface area (Å²) in [6, 6.07) is 5.81. The molecule has 0 saturated carbocycles. The van der Waals surface area contributed by atoms with Gasteiger partial charge >= 0.3 is 0 Å². The van der Waals surface area contributed by atoms with Crippen molar-refractivity contribution in [3.8, 4) is 11.4 Å². The zero-order valence-corrected chi connectivity index (χ0v) is 10.5. The SMILES string of the molecule is Cc1ccc(-c2noc([C@H](C)O)n2)cc1Br. The van der Waals surface area contributed by atoms with Crippen LogP contribution in [0.4, 0.5) is 0 Å². The van der Waals surface area contributed by atoms with Gasteiger partial charge in [0.1, 0.15) is 6.10 Å². The van der Waals surface area contributed by atoms with Gasteiger partial charge in [0.25, 0.3) is 5.89 Å². The third-order valence-electron chi connectivity index (χ3n) is 2.23. The van der Waals surface area contributed by atoms with E-state index in [0.717, 1.165) is 15.6 Å². The first-order valence-corrected chi connectivity index (χ1v) is 5.65. The molecule has 0 spiro atoms. The van der Waals surface area contributed by atoms with Crippen LogP contribution in [-0.4, -0.2) is 15.2 Å². The monoisotopic (exact) mass is 282 g/mol. The minimum atomic E-state index is -0.741. The fourth-order valence-corrected chi connectivity index (χ4v) is 1.63. The van der Waals surface area contributed by atoms with E-state index in [1.165, 1.54) is 0 Å². The van der Waals surface area contributed by atoms with Crippen molar-refractivity contribution in [1.29, 1.82) is 0 Å². The Kier molecular flexibility index (Phi) is 3.07. The van der Waals surface area contributed by atoms with Crippen molar-refractivity contribution < 1.29 is 9.63 Å². The van der Waals surface area contributed by atoms with E-state index in [0.29, 0.717) is 5.82 Å². The van der Waals surface area contributed by atoms with Gasteiger partial charge in [-0.1, -0.05) is 33.2 Å². The molecule has 2 aromatic rings. The maximum atomic E-state index is 9.28. The summed E-state index contributed by atoms with van der Waals surface area (Å²) in [5.74, 6) is 0.711. The molecule has 4 nitrogen and oxygen atoms in total.